The zero-order valence-electron chi connectivity index (χ0n) is 9.88. The standard InChI is InChI=1S/C14H20FN/c1-11-5-7-12(8-6-11)13(15)14(16)9-3-2-4-10-14/h5-8,13H,2-4,9-10,16H2,1H3. The molecule has 0 amide bonds. The van der Waals surface area contributed by atoms with Crippen molar-refractivity contribution in [1.82, 2.24) is 0 Å². The summed E-state index contributed by atoms with van der Waals surface area (Å²) in [5, 5.41) is 0. The Morgan fingerprint density at radius 1 is 1.12 bits per heavy atom. The molecular formula is C14H20FN. The van der Waals surface area contributed by atoms with Crippen LogP contribution < -0.4 is 5.73 Å². The van der Waals surface area contributed by atoms with Gasteiger partial charge in [0.2, 0.25) is 0 Å². The van der Waals surface area contributed by atoms with Gasteiger partial charge in [-0.25, -0.2) is 4.39 Å². The lowest BCUT2D eigenvalue weighted by Gasteiger charge is -2.36. The third kappa shape index (κ3) is 2.27. The number of hydrogen-bond acceptors (Lipinski definition) is 1. The van der Waals surface area contributed by atoms with Gasteiger partial charge in [0.1, 0.15) is 6.17 Å². The fraction of sp³-hybridized carbons (Fsp3) is 0.571. The van der Waals surface area contributed by atoms with Gasteiger partial charge in [-0.05, 0) is 25.3 Å². The normalized spacial score (nSPS) is 21.7. The van der Waals surface area contributed by atoms with Crippen molar-refractivity contribution in [1.29, 1.82) is 0 Å². The van der Waals surface area contributed by atoms with E-state index in [-0.39, 0.29) is 0 Å². The zero-order valence-corrected chi connectivity index (χ0v) is 9.88. The minimum Gasteiger partial charge on any atom is -0.322 e. The number of hydrogen-bond donors (Lipinski definition) is 1. The van der Waals surface area contributed by atoms with E-state index in [1.165, 1.54) is 6.42 Å². The molecule has 0 saturated heterocycles. The SMILES string of the molecule is Cc1ccc(C(F)C2(N)CCCCC2)cc1. The lowest BCUT2D eigenvalue weighted by Crippen LogP contribution is -2.45. The molecule has 88 valence electrons. The van der Waals surface area contributed by atoms with Crippen LogP contribution in [0.5, 0.6) is 0 Å². The summed E-state index contributed by atoms with van der Waals surface area (Å²) in [5.41, 5.74) is 7.46. The predicted octanol–water partition coefficient (Wildman–Crippen LogP) is 3.67. The minimum atomic E-state index is -1.02. The first-order valence-corrected chi connectivity index (χ1v) is 6.11. The summed E-state index contributed by atoms with van der Waals surface area (Å²) in [4.78, 5) is 0. The molecule has 2 N–H and O–H groups in total. The fourth-order valence-electron chi connectivity index (χ4n) is 2.53. The number of aryl methyl sites for hydroxylation is 1. The molecule has 0 bridgehead atoms. The lowest BCUT2D eigenvalue weighted by molar-refractivity contribution is 0.143. The highest BCUT2D eigenvalue weighted by Crippen LogP contribution is 2.38. The molecule has 16 heavy (non-hydrogen) atoms. The first kappa shape index (κ1) is 11.6. The number of halogens is 1. The van der Waals surface area contributed by atoms with Gasteiger partial charge in [-0.1, -0.05) is 49.1 Å². The zero-order chi connectivity index (χ0) is 11.6. The highest BCUT2D eigenvalue weighted by atomic mass is 19.1. The van der Waals surface area contributed by atoms with Crippen LogP contribution in [0, 0.1) is 6.92 Å². The highest BCUT2D eigenvalue weighted by molar-refractivity contribution is 5.25. The van der Waals surface area contributed by atoms with E-state index in [2.05, 4.69) is 0 Å². The Morgan fingerprint density at radius 3 is 2.25 bits per heavy atom. The number of alkyl halides is 1. The maximum atomic E-state index is 14.4. The molecule has 1 aliphatic carbocycles. The van der Waals surface area contributed by atoms with Gasteiger partial charge in [0.25, 0.3) is 0 Å². The molecule has 1 unspecified atom stereocenters. The van der Waals surface area contributed by atoms with E-state index in [4.69, 9.17) is 5.73 Å². The molecule has 0 aliphatic heterocycles. The van der Waals surface area contributed by atoms with Crippen molar-refractivity contribution in [3.8, 4) is 0 Å². The topological polar surface area (TPSA) is 26.0 Å². The Balaban J connectivity index is 2.16. The van der Waals surface area contributed by atoms with E-state index < -0.39 is 11.7 Å². The molecule has 2 rings (SSSR count). The van der Waals surface area contributed by atoms with E-state index in [0.717, 1.165) is 36.8 Å². The summed E-state index contributed by atoms with van der Waals surface area (Å²) in [5.74, 6) is 0. The van der Waals surface area contributed by atoms with E-state index in [1.807, 2.05) is 31.2 Å². The van der Waals surface area contributed by atoms with Crippen molar-refractivity contribution in [3.63, 3.8) is 0 Å². The highest BCUT2D eigenvalue weighted by Gasteiger charge is 2.37. The average Bonchev–Trinajstić information content (AvgIpc) is 2.30. The number of nitrogens with two attached hydrogens (primary N) is 1. The third-order valence-electron chi connectivity index (χ3n) is 3.66. The summed E-state index contributed by atoms with van der Waals surface area (Å²) < 4.78 is 14.4. The molecule has 1 nitrogen and oxygen atoms in total. The Bertz CT molecular complexity index is 338. The molecule has 1 fully saturated rings. The Labute approximate surface area is 96.9 Å². The van der Waals surface area contributed by atoms with Gasteiger partial charge in [0.05, 0.1) is 5.54 Å². The van der Waals surface area contributed by atoms with Crippen molar-refractivity contribution >= 4 is 0 Å². The second-order valence-electron chi connectivity index (χ2n) is 5.07. The molecule has 1 aromatic carbocycles. The molecule has 1 aliphatic rings. The van der Waals surface area contributed by atoms with Crippen molar-refractivity contribution in [3.05, 3.63) is 35.4 Å². The second kappa shape index (κ2) is 4.54. The molecule has 2 heteroatoms. The van der Waals surface area contributed by atoms with Gasteiger partial charge in [-0.15, -0.1) is 0 Å². The van der Waals surface area contributed by atoms with Crippen molar-refractivity contribution < 1.29 is 4.39 Å². The summed E-state index contributed by atoms with van der Waals surface area (Å²) in [7, 11) is 0. The van der Waals surface area contributed by atoms with Crippen LogP contribution in [-0.2, 0) is 0 Å². The second-order valence-corrected chi connectivity index (χ2v) is 5.07. The molecule has 0 radical (unpaired) electrons. The van der Waals surface area contributed by atoms with Crippen LogP contribution in [0.15, 0.2) is 24.3 Å². The summed E-state index contributed by atoms with van der Waals surface area (Å²) in [6.45, 7) is 2.01. The van der Waals surface area contributed by atoms with Crippen LogP contribution in [0.3, 0.4) is 0 Å². The van der Waals surface area contributed by atoms with Crippen LogP contribution in [0.25, 0.3) is 0 Å². The molecule has 0 heterocycles. The Kier molecular flexibility index (Phi) is 3.29. The van der Waals surface area contributed by atoms with Gasteiger partial charge in [0.15, 0.2) is 0 Å². The first-order chi connectivity index (χ1) is 7.62. The molecule has 0 aromatic heterocycles. The number of rotatable bonds is 2. The van der Waals surface area contributed by atoms with Crippen molar-refractivity contribution in [2.24, 2.45) is 5.73 Å². The van der Waals surface area contributed by atoms with Gasteiger partial charge in [-0.2, -0.15) is 0 Å². The monoisotopic (exact) mass is 221 g/mol. The summed E-state index contributed by atoms with van der Waals surface area (Å²) in [6.07, 6.45) is 3.91. The lowest BCUT2D eigenvalue weighted by atomic mass is 9.77. The van der Waals surface area contributed by atoms with E-state index >= 15 is 0 Å². The maximum Gasteiger partial charge on any atom is 0.143 e. The smallest absolute Gasteiger partial charge is 0.143 e. The van der Waals surface area contributed by atoms with E-state index in [9.17, 15) is 4.39 Å². The van der Waals surface area contributed by atoms with Crippen LogP contribution in [-0.4, -0.2) is 5.54 Å². The van der Waals surface area contributed by atoms with Crippen LogP contribution in [0.2, 0.25) is 0 Å². The van der Waals surface area contributed by atoms with E-state index in [0.29, 0.717) is 0 Å². The van der Waals surface area contributed by atoms with E-state index in [1.54, 1.807) is 0 Å². The predicted molar refractivity (Wildman–Crippen MR) is 65.0 cm³/mol. The Hall–Kier alpha value is -0.890. The third-order valence-corrected chi connectivity index (χ3v) is 3.66. The van der Waals surface area contributed by atoms with Gasteiger partial charge < -0.3 is 5.73 Å². The van der Waals surface area contributed by atoms with Gasteiger partial charge in [0, 0.05) is 0 Å². The summed E-state index contributed by atoms with van der Waals surface area (Å²) >= 11 is 0. The van der Waals surface area contributed by atoms with Crippen LogP contribution in [0.4, 0.5) is 4.39 Å². The van der Waals surface area contributed by atoms with Gasteiger partial charge in [-0.3, -0.25) is 0 Å². The quantitative estimate of drug-likeness (QED) is 0.810. The molecule has 0 spiro atoms. The number of benzene rings is 1. The van der Waals surface area contributed by atoms with Crippen LogP contribution >= 0.6 is 0 Å². The molecule has 1 saturated carbocycles. The first-order valence-electron chi connectivity index (χ1n) is 6.11. The van der Waals surface area contributed by atoms with Crippen molar-refractivity contribution in [2.45, 2.75) is 50.7 Å². The molecule has 1 aromatic rings. The van der Waals surface area contributed by atoms with Crippen LogP contribution in [0.1, 0.15) is 49.4 Å². The Morgan fingerprint density at radius 2 is 1.69 bits per heavy atom. The maximum absolute atomic E-state index is 14.4. The fourth-order valence-corrected chi connectivity index (χ4v) is 2.53. The molecular weight excluding hydrogens is 201 g/mol. The molecule has 1 atom stereocenters. The average molecular weight is 221 g/mol. The summed E-state index contributed by atoms with van der Waals surface area (Å²) in [6, 6.07) is 7.63. The van der Waals surface area contributed by atoms with Crippen molar-refractivity contribution in [2.75, 3.05) is 0 Å². The van der Waals surface area contributed by atoms with Gasteiger partial charge >= 0.3 is 0 Å². The minimum absolute atomic E-state index is 0.631. The largest absolute Gasteiger partial charge is 0.322 e.